The summed E-state index contributed by atoms with van der Waals surface area (Å²) in [5.41, 5.74) is 1.32. The maximum atomic E-state index is 12.0. The molecule has 0 saturated heterocycles. The number of hydrogen-bond donors (Lipinski definition) is 2. The summed E-state index contributed by atoms with van der Waals surface area (Å²) in [5, 5.41) is 3.94. The molecule has 0 unspecified atom stereocenters. The van der Waals surface area contributed by atoms with Gasteiger partial charge in [0.05, 0.1) is 11.4 Å². The summed E-state index contributed by atoms with van der Waals surface area (Å²) in [6, 6.07) is 5.90. The van der Waals surface area contributed by atoms with Gasteiger partial charge in [-0.25, -0.2) is 8.42 Å². The van der Waals surface area contributed by atoms with Crippen LogP contribution in [0.5, 0.6) is 0 Å². The van der Waals surface area contributed by atoms with Gasteiger partial charge in [0.2, 0.25) is 10.0 Å². The molecule has 4 nitrogen and oxygen atoms in total. The topological polar surface area (TPSA) is 58.2 Å². The van der Waals surface area contributed by atoms with Crippen LogP contribution in [0.3, 0.4) is 0 Å². The second-order valence-electron chi connectivity index (χ2n) is 5.27. The molecule has 0 aromatic heterocycles. The van der Waals surface area contributed by atoms with Crippen LogP contribution in [0.2, 0.25) is 5.02 Å². The Labute approximate surface area is 126 Å². The monoisotopic (exact) mass is 316 g/mol. The molecule has 1 aliphatic carbocycles. The van der Waals surface area contributed by atoms with Crippen molar-refractivity contribution in [3.8, 4) is 0 Å². The number of unbranched alkanes of at least 4 members (excludes halogenated alkanes) is 1. The lowest BCUT2D eigenvalue weighted by atomic mass is 10.2. The second kappa shape index (κ2) is 6.78. The predicted octanol–water partition coefficient (Wildman–Crippen LogP) is 2.92. The van der Waals surface area contributed by atoms with Crippen molar-refractivity contribution in [2.45, 2.75) is 38.6 Å². The molecule has 1 aromatic rings. The van der Waals surface area contributed by atoms with Crippen molar-refractivity contribution >= 4 is 27.3 Å². The minimum atomic E-state index is -3.30. The van der Waals surface area contributed by atoms with Crippen LogP contribution in [0.25, 0.3) is 0 Å². The van der Waals surface area contributed by atoms with E-state index in [0.717, 1.165) is 18.5 Å². The number of rotatable bonds is 8. The van der Waals surface area contributed by atoms with E-state index in [2.05, 4.69) is 10.0 Å². The maximum absolute atomic E-state index is 12.0. The maximum Gasteiger partial charge on any atom is 0.232 e. The molecule has 1 saturated carbocycles. The van der Waals surface area contributed by atoms with E-state index in [-0.39, 0.29) is 5.75 Å². The summed E-state index contributed by atoms with van der Waals surface area (Å²) in [6.07, 6.45) is 4.06. The highest BCUT2D eigenvalue weighted by molar-refractivity contribution is 7.92. The zero-order valence-corrected chi connectivity index (χ0v) is 13.2. The molecule has 112 valence electrons. The van der Waals surface area contributed by atoms with Gasteiger partial charge >= 0.3 is 0 Å². The van der Waals surface area contributed by atoms with Crippen LogP contribution in [0.15, 0.2) is 18.2 Å². The summed E-state index contributed by atoms with van der Waals surface area (Å²) in [6.45, 7) is 2.70. The molecule has 0 amide bonds. The largest absolute Gasteiger partial charge is 0.314 e. The van der Waals surface area contributed by atoms with Crippen LogP contribution in [-0.4, -0.2) is 26.8 Å². The van der Waals surface area contributed by atoms with Crippen LogP contribution < -0.4 is 10.0 Å². The van der Waals surface area contributed by atoms with Gasteiger partial charge in [0.15, 0.2) is 0 Å². The molecule has 0 heterocycles. The highest BCUT2D eigenvalue weighted by atomic mass is 35.5. The van der Waals surface area contributed by atoms with Gasteiger partial charge in [0.1, 0.15) is 0 Å². The SMILES string of the molecule is Cc1c(Cl)cccc1NS(=O)(=O)CCCCNC1CC1. The van der Waals surface area contributed by atoms with Gasteiger partial charge < -0.3 is 5.32 Å². The minimum absolute atomic E-state index is 0.144. The molecule has 20 heavy (non-hydrogen) atoms. The van der Waals surface area contributed by atoms with Gasteiger partial charge in [-0.05, 0) is 56.8 Å². The lowest BCUT2D eigenvalue weighted by molar-refractivity contribution is 0.591. The van der Waals surface area contributed by atoms with E-state index in [4.69, 9.17) is 11.6 Å². The van der Waals surface area contributed by atoms with Crippen LogP contribution in [-0.2, 0) is 10.0 Å². The molecule has 6 heteroatoms. The minimum Gasteiger partial charge on any atom is -0.314 e. The fourth-order valence-corrected chi connectivity index (χ4v) is 3.36. The standard InChI is InChI=1S/C14H21ClN2O2S/c1-11-13(15)5-4-6-14(11)17-20(18,19)10-3-2-9-16-12-7-8-12/h4-6,12,16-17H,2-3,7-10H2,1H3. The van der Waals surface area contributed by atoms with Gasteiger partial charge in [-0.1, -0.05) is 17.7 Å². The lowest BCUT2D eigenvalue weighted by Crippen LogP contribution is -2.20. The summed E-state index contributed by atoms with van der Waals surface area (Å²) < 4.78 is 26.6. The van der Waals surface area contributed by atoms with E-state index in [0.29, 0.717) is 23.2 Å². The Kier molecular flexibility index (Phi) is 5.29. The van der Waals surface area contributed by atoms with Crippen molar-refractivity contribution in [2.75, 3.05) is 17.0 Å². The molecular weight excluding hydrogens is 296 g/mol. The Bertz CT molecular complexity index is 556. The Morgan fingerprint density at radius 3 is 2.75 bits per heavy atom. The van der Waals surface area contributed by atoms with Crippen molar-refractivity contribution in [1.29, 1.82) is 0 Å². The average molecular weight is 317 g/mol. The van der Waals surface area contributed by atoms with E-state index in [1.54, 1.807) is 25.1 Å². The molecule has 0 radical (unpaired) electrons. The van der Waals surface area contributed by atoms with E-state index in [9.17, 15) is 8.42 Å². The van der Waals surface area contributed by atoms with Gasteiger partial charge in [-0.2, -0.15) is 0 Å². The van der Waals surface area contributed by atoms with Gasteiger partial charge in [0.25, 0.3) is 0 Å². The first kappa shape index (κ1) is 15.6. The first-order chi connectivity index (χ1) is 9.48. The zero-order chi connectivity index (χ0) is 14.6. The number of nitrogens with one attached hydrogen (secondary N) is 2. The summed E-state index contributed by atoms with van der Waals surface area (Å²) >= 11 is 5.98. The summed E-state index contributed by atoms with van der Waals surface area (Å²) in [7, 11) is -3.30. The number of benzene rings is 1. The molecular formula is C14H21ClN2O2S. The van der Waals surface area contributed by atoms with Crippen LogP contribution in [0, 0.1) is 6.92 Å². The Hall–Kier alpha value is -0.780. The summed E-state index contributed by atoms with van der Waals surface area (Å²) in [5.74, 6) is 0.144. The normalized spacial score (nSPS) is 15.3. The van der Waals surface area contributed by atoms with Gasteiger partial charge in [-0.3, -0.25) is 4.72 Å². The molecule has 0 spiro atoms. The number of anilines is 1. The highest BCUT2D eigenvalue weighted by Gasteiger charge is 2.19. The molecule has 2 N–H and O–H groups in total. The van der Waals surface area contributed by atoms with Gasteiger partial charge in [0, 0.05) is 11.1 Å². The van der Waals surface area contributed by atoms with Crippen LogP contribution in [0.1, 0.15) is 31.2 Å². The molecule has 1 fully saturated rings. The molecule has 1 aromatic carbocycles. The predicted molar refractivity (Wildman–Crippen MR) is 83.9 cm³/mol. The highest BCUT2D eigenvalue weighted by Crippen LogP contribution is 2.24. The van der Waals surface area contributed by atoms with Crippen molar-refractivity contribution in [3.63, 3.8) is 0 Å². The third kappa shape index (κ3) is 4.96. The number of halogens is 1. The molecule has 1 aliphatic rings. The van der Waals surface area contributed by atoms with E-state index < -0.39 is 10.0 Å². The fraction of sp³-hybridized carbons (Fsp3) is 0.571. The van der Waals surface area contributed by atoms with E-state index >= 15 is 0 Å². The van der Waals surface area contributed by atoms with Crippen molar-refractivity contribution in [2.24, 2.45) is 0 Å². The van der Waals surface area contributed by atoms with Gasteiger partial charge in [-0.15, -0.1) is 0 Å². The summed E-state index contributed by atoms with van der Waals surface area (Å²) in [4.78, 5) is 0. The molecule has 2 rings (SSSR count). The van der Waals surface area contributed by atoms with Crippen molar-refractivity contribution in [3.05, 3.63) is 28.8 Å². The first-order valence-electron chi connectivity index (χ1n) is 6.97. The molecule has 0 aliphatic heterocycles. The second-order valence-corrected chi connectivity index (χ2v) is 7.52. The zero-order valence-electron chi connectivity index (χ0n) is 11.7. The van der Waals surface area contributed by atoms with E-state index in [1.807, 2.05) is 0 Å². The first-order valence-corrected chi connectivity index (χ1v) is 9.00. The Morgan fingerprint density at radius 1 is 1.30 bits per heavy atom. The smallest absolute Gasteiger partial charge is 0.232 e. The average Bonchev–Trinajstić information content (AvgIpc) is 3.18. The van der Waals surface area contributed by atoms with Crippen LogP contribution >= 0.6 is 11.6 Å². The van der Waals surface area contributed by atoms with E-state index in [1.165, 1.54) is 12.8 Å². The third-order valence-electron chi connectivity index (χ3n) is 3.38. The van der Waals surface area contributed by atoms with Crippen molar-refractivity contribution in [1.82, 2.24) is 5.32 Å². The Balaban J connectivity index is 1.78. The molecule has 0 atom stereocenters. The Morgan fingerprint density at radius 2 is 2.05 bits per heavy atom. The number of hydrogen-bond acceptors (Lipinski definition) is 3. The van der Waals surface area contributed by atoms with Crippen LogP contribution in [0.4, 0.5) is 5.69 Å². The third-order valence-corrected chi connectivity index (χ3v) is 5.15. The fourth-order valence-electron chi connectivity index (χ4n) is 1.95. The lowest BCUT2D eigenvalue weighted by Gasteiger charge is -2.11. The number of sulfonamides is 1. The molecule has 0 bridgehead atoms. The van der Waals surface area contributed by atoms with Crippen molar-refractivity contribution < 1.29 is 8.42 Å². The quantitative estimate of drug-likeness (QED) is 0.725.